The second kappa shape index (κ2) is 6.76. The average Bonchev–Trinajstić information content (AvgIpc) is 3.25. The molecule has 2 unspecified atom stereocenters. The van der Waals surface area contributed by atoms with Gasteiger partial charge < -0.3 is 0 Å². The van der Waals surface area contributed by atoms with Crippen molar-refractivity contribution in [1.29, 1.82) is 0 Å². The van der Waals surface area contributed by atoms with Crippen molar-refractivity contribution in [3.05, 3.63) is 21.0 Å². The molecule has 0 bridgehead atoms. The van der Waals surface area contributed by atoms with Gasteiger partial charge in [-0.25, -0.2) is 0 Å². The number of thiocarbonyl (C=S) groups is 2. The molecule has 2 fully saturated rings. The van der Waals surface area contributed by atoms with Crippen molar-refractivity contribution in [3.63, 3.8) is 0 Å². The number of rotatable bonds is 8. The molecule has 102 valence electrons. The van der Waals surface area contributed by atoms with Crippen molar-refractivity contribution < 1.29 is 0 Å². The van der Waals surface area contributed by atoms with E-state index < -0.39 is 0 Å². The van der Waals surface area contributed by atoms with E-state index in [1.54, 1.807) is 4.44 Å². The van der Waals surface area contributed by atoms with Crippen LogP contribution in [0, 0.1) is 0 Å². The maximum atomic E-state index is 5.55. The first-order chi connectivity index (χ1) is 9.20. The molecule has 3 rings (SSSR count). The first kappa shape index (κ1) is 14.8. The zero-order chi connectivity index (χ0) is 13.2. The second-order valence-corrected chi connectivity index (χ2v) is 11.0. The molecule has 19 heavy (non-hydrogen) atoms. The van der Waals surface area contributed by atoms with Gasteiger partial charge in [-0.15, -0.1) is 0 Å². The zero-order valence-corrected chi connectivity index (χ0v) is 15.6. The van der Waals surface area contributed by atoms with Gasteiger partial charge in [0.15, 0.2) is 0 Å². The van der Waals surface area contributed by atoms with Crippen LogP contribution in [0.1, 0.15) is 22.8 Å². The summed E-state index contributed by atoms with van der Waals surface area (Å²) in [6.45, 7) is 0. The fourth-order valence-electron chi connectivity index (χ4n) is 2.10. The molecule has 0 N–H and O–H groups in total. The van der Waals surface area contributed by atoms with Crippen LogP contribution in [0.15, 0.2) is 11.0 Å². The van der Waals surface area contributed by atoms with Crippen molar-refractivity contribution in [2.75, 3.05) is 11.5 Å². The normalized spacial score (nSPS) is 24.2. The SMILES string of the molecule is S=C(Cc1cc[se]c1CC(=S)CC1CS1)CC1CS1. The molecule has 0 saturated carbocycles. The fourth-order valence-corrected chi connectivity index (χ4v) is 6.34. The summed E-state index contributed by atoms with van der Waals surface area (Å²) in [7, 11) is 0. The van der Waals surface area contributed by atoms with E-state index >= 15 is 0 Å². The Hall–Kier alpha value is 0.879. The maximum absolute atomic E-state index is 5.55. The van der Waals surface area contributed by atoms with Crippen LogP contribution in [0.25, 0.3) is 0 Å². The van der Waals surface area contributed by atoms with Crippen LogP contribution in [0.3, 0.4) is 0 Å². The van der Waals surface area contributed by atoms with Gasteiger partial charge in [0.1, 0.15) is 0 Å². The summed E-state index contributed by atoms with van der Waals surface area (Å²) in [5.74, 6) is 2.63. The first-order valence-corrected chi connectivity index (χ1v) is 11.3. The van der Waals surface area contributed by atoms with Gasteiger partial charge in [0, 0.05) is 0 Å². The summed E-state index contributed by atoms with van der Waals surface area (Å²) >= 11 is 15.7. The fraction of sp³-hybridized carbons (Fsp3) is 0.571. The molecule has 0 spiro atoms. The van der Waals surface area contributed by atoms with Gasteiger partial charge >= 0.3 is 141 Å². The molecular formula is C14H16S4Se. The van der Waals surface area contributed by atoms with Gasteiger partial charge in [0.2, 0.25) is 0 Å². The van der Waals surface area contributed by atoms with Crippen molar-refractivity contribution >= 4 is 72.2 Å². The van der Waals surface area contributed by atoms with E-state index in [2.05, 4.69) is 11.0 Å². The van der Waals surface area contributed by atoms with E-state index in [0.717, 1.165) is 36.2 Å². The van der Waals surface area contributed by atoms with E-state index in [1.807, 2.05) is 23.5 Å². The van der Waals surface area contributed by atoms with Crippen LogP contribution in [0.2, 0.25) is 0 Å². The number of thioether (sulfide) groups is 2. The van der Waals surface area contributed by atoms with E-state index in [0.29, 0.717) is 14.5 Å². The Kier molecular flexibility index (Phi) is 5.27. The molecule has 3 heterocycles. The monoisotopic (exact) mass is 392 g/mol. The standard InChI is InChI=1S/C14H16S4Se/c15-10(4-12-7-17-12)3-9-1-2-19-14(9)6-11(16)5-13-8-18-13/h1-2,12-13H,3-8H2. The quantitative estimate of drug-likeness (QED) is 0.377. The molecule has 0 nitrogen and oxygen atoms in total. The summed E-state index contributed by atoms with van der Waals surface area (Å²) in [6, 6.07) is 2.30. The van der Waals surface area contributed by atoms with E-state index in [1.165, 1.54) is 26.8 Å². The third-order valence-electron chi connectivity index (χ3n) is 3.30. The van der Waals surface area contributed by atoms with Gasteiger partial charge in [0.25, 0.3) is 0 Å². The number of hydrogen-bond donors (Lipinski definition) is 0. The van der Waals surface area contributed by atoms with Gasteiger partial charge in [-0.2, -0.15) is 0 Å². The molecule has 2 aliphatic rings. The predicted octanol–water partition coefficient (Wildman–Crippen LogP) is 3.58. The summed E-state index contributed by atoms with van der Waals surface area (Å²) in [5.41, 5.74) is 1.49. The molecule has 5 heteroatoms. The van der Waals surface area contributed by atoms with Crippen LogP contribution in [-0.4, -0.2) is 46.2 Å². The zero-order valence-electron chi connectivity index (χ0n) is 10.6. The minimum atomic E-state index is 0.528. The van der Waals surface area contributed by atoms with Crippen molar-refractivity contribution in [2.24, 2.45) is 0 Å². The Morgan fingerprint density at radius 3 is 2.26 bits per heavy atom. The summed E-state index contributed by atoms with van der Waals surface area (Å²) in [4.78, 5) is 4.84. The summed E-state index contributed by atoms with van der Waals surface area (Å²) in [5, 5.41) is 1.67. The van der Waals surface area contributed by atoms with E-state index in [-0.39, 0.29) is 0 Å². The third kappa shape index (κ3) is 4.98. The predicted molar refractivity (Wildman–Crippen MR) is 97.7 cm³/mol. The molecule has 2 aliphatic heterocycles. The van der Waals surface area contributed by atoms with Crippen LogP contribution < -0.4 is 0 Å². The molecule has 2 atom stereocenters. The molecule has 0 aliphatic carbocycles. The topological polar surface area (TPSA) is 0 Å². The molecule has 0 radical (unpaired) electrons. The molecular weight excluding hydrogens is 375 g/mol. The summed E-state index contributed by atoms with van der Waals surface area (Å²) in [6.07, 6.45) is 4.35. The van der Waals surface area contributed by atoms with Crippen molar-refractivity contribution in [1.82, 2.24) is 0 Å². The van der Waals surface area contributed by atoms with Crippen molar-refractivity contribution in [2.45, 2.75) is 36.2 Å². The molecule has 0 aromatic carbocycles. The van der Waals surface area contributed by atoms with Crippen LogP contribution >= 0.6 is 48.0 Å². The van der Waals surface area contributed by atoms with Gasteiger partial charge in [0.05, 0.1) is 0 Å². The van der Waals surface area contributed by atoms with E-state index in [4.69, 9.17) is 24.4 Å². The first-order valence-electron chi connectivity index (χ1n) is 6.52. The Bertz CT molecular complexity index is 443. The van der Waals surface area contributed by atoms with Crippen LogP contribution in [0.5, 0.6) is 0 Å². The Balaban J connectivity index is 1.54. The minimum absolute atomic E-state index is 0.528. The van der Waals surface area contributed by atoms with Crippen molar-refractivity contribution in [3.8, 4) is 0 Å². The number of hydrogen-bond acceptors (Lipinski definition) is 4. The second-order valence-electron chi connectivity index (χ2n) is 5.12. The molecule has 1 aromatic rings. The molecule has 0 amide bonds. The molecule has 2 saturated heterocycles. The Morgan fingerprint density at radius 2 is 1.68 bits per heavy atom. The van der Waals surface area contributed by atoms with Crippen LogP contribution in [0.4, 0.5) is 0 Å². The molecule has 1 aromatic heterocycles. The van der Waals surface area contributed by atoms with Crippen LogP contribution in [-0.2, 0) is 12.8 Å². The summed E-state index contributed by atoms with van der Waals surface area (Å²) < 4.78 is 1.59. The Labute approximate surface area is 140 Å². The van der Waals surface area contributed by atoms with Gasteiger partial charge in [-0.3, -0.25) is 0 Å². The Morgan fingerprint density at radius 1 is 1.11 bits per heavy atom. The third-order valence-corrected chi connectivity index (χ3v) is 7.88. The van der Waals surface area contributed by atoms with Gasteiger partial charge in [-0.05, 0) is 0 Å². The van der Waals surface area contributed by atoms with Gasteiger partial charge in [-0.1, -0.05) is 0 Å². The van der Waals surface area contributed by atoms with E-state index in [9.17, 15) is 0 Å². The average molecular weight is 392 g/mol.